The topological polar surface area (TPSA) is 125 Å². The van der Waals surface area contributed by atoms with Crippen LogP contribution in [0, 0.1) is 0 Å². The van der Waals surface area contributed by atoms with E-state index < -0.39 is 22.5 Å². The summed E-state index contributed by atoms with van der Waals surface area (Å²) in [5.41, 5.74) is 3.06. The number of methoxy groups -OCH3 is 5. The van der Waals surface area contributed by atoms with E-state index in [1.807, 2.05) is 0 Å². The van der Waals surface area contributed by atoms with Gasteiger partial charge in [0.05, 0.1) is 52.3 Å². The van der Waals surface area contributed by atoms with Gasteiger partial charge in [-0.1, -0.05) is 18.2 Å². The third-order valence-electron chi connectivity index (χ3n) is 5.36. The molecule has 0 aromatic heterocycles. The molecular formula is C26H29N3O8S. The summed E-state index contributed by atoms with van der Waals surface area (Å²) in [4.78, 5) is 12.9. The minimum absolute atomic E-state index is 0.00611. The number of carbonyl (C=O) groups excluding carboxylic acids is 1. The average Bonchev–Trinajstić information content (AvgIpc) is 2.95. The van der Waals surface area contributed by atoms with Gasteiger partial charge in [0.15, 0.2) is 11.5 Å². The van der Waals surface area contributed by atoms with Gasteiger partial charge in [0, 0.05) is 11.6 Å². The van der Waals surface area contributed by atoms with E-state index in [-0.39, 0.29) is 16.3 Å². The summed E-state index contributed by atoms with van der Waals surface area (Å²) in [5.74, 6) is 1.20. The summed E-state index contributed by atoms with van der Waals surface area (Å²) >= 11 is 0. The second-order valence-corrected chi connectivity index (χ2v) is 9.48. The standard InChI is InChI=1S/C26H29N3O8S/c1-33-19-11-12-21(22(15-19)34-2)29(38(31,32)20-9-7-6-8-10-20)17-25(30)28-27-16-18-13-23(35-3)26(37-5)24(14-18)36-4/h6-16H,17H2,1-5H3,(H,28,30)/b27-16-. The molecule has 0 fully saturated rings. The largest absolute Gasteiger partial charge is 0.497 e. The maximum absolute atomic E-state index is 13.6. The van der Waals surface area contributed by atoms with E-state index in [4.69, 9.17) is 23.7 Å². The van der Waals surface area contributed by atoms with Crippen LogP contribution in [-0.2, 0) is 14.8 Å². The number of hydrogen-bond acceptors (Lipinski definition) is 9. The minimum Gasteiger partial charge on any atom is -0.497 e. The molecule has 0 aliphatic rings. The van der Waals surface area contributed by atoms with Crippen molar-refractivity contribution in [2.45, 2.75) is 4.90 Å². The van der Waals surface area contributed by atoms with E-state index in [1.54, 1.807) is 36.4 Å². The number of nitrogens with one attached hydrogen (secondary N) is 1. The molecule has 0 heterocycles. The molecule has 3 aromatic rings. The summed E-state index contributed by atoms with van der Waals surface area (Å²) in [6.45, 7) is -0.577. The number of nitrogens with zero attached hydrogens (tertiary/aromatic N) is 2. The monoisotopic (exact) mass is 543 g/mol. The van der Waals surface area contributed by atoms with Crippen molar-refractivity contribution in [3.8, 4) is 28.7 Å². The number of hydrazone groups is 1. The number of anilines is 1. The lowest BCUT2D eigenvalue weighted by Gasteiger charge is -2.25. The molecule has 202 valence electrons. The molecular weight excluding hydrogens is 514 g/mol. The molecule has 3 aromatic carbocycles. The Morgan fingerprint density at radius 2 is 1.47 bits per heavy atom. The molecule has 0 aliphatic carbocycles. The fourth-order valence-electron chi connectivity index (χ4n) is 3.53. The van der Waals surface area contributed by atoms with Crippen molar-refractivity contribution in [2.24, 2.45) is 5.10 Å². The zero-order chi connectivity index (χ0) is 27.7. The maximum atomic E-state index is 13.6. The van der Waals surface area contributed by atoms with Crippen LogP contribution >= 0.6 is 0 Å². The van der Waals surface area contributed by atoms with Gasteiger partial charge in [-0.3, -0.25) is 9.10 Å². The van der Waals surface area contributed by atoms with Gasteiger partial charge >= 0.3 is 0 Å². The van der Waals surface area contributed by atoms with E-state index in [9.17, 15) is 13.2 Å². The first-order valence-corrected chi connectivity index (χ1v) is 12.6. The summed E-state index contributed by atoms with van der Waals surface area (Å²) in [6.07, 6.45) is 1.37. The highest BCUT2D eigenvalue weighted by atomic mass is 32.2. The highest BCUT2D eigenvalue weighted by Crippen LogP contribution is 2.38. The van der Waals surface area contributed by atoms with Crippen molar-refractivity contribution in [3.05, 3.63) is 66.2 Å². The molecule has 38 heavy (non-hydrogen) atoms. The van der Waals surface area contributed by atoms with Gasteiger partial charge in [-0.2, -0.15) is 5.10 Å². The van der Waals surface area contributed by atoms with Gasteiger partial charge in [0.2, 0.25) is 5.75 Å². The Morgan fingerprint density at radius 1 is 0.842 bits per heavy atom. The van der Waals surface area contributed by atoms with Gasteiger partial charge in [0.1, 0.15) is 18.0 Å². The van der Waals surface area contributed by atoms with Gasteiger partial charge in [-0.05, 0) is 36.4 Å². The van der Waals surface area contributed by atoms with Crippen LogP contribution in [0.1, 0.15) is 5.56 Å². The van der Waals surface area contributed by atoms with Gasteiger partial charge in [0.25, 0.3) is 15.9 Å². The Bertz CT molecular complexity index is 1370. The van der Waals surface area contributed by atoms with Crippen LogP contribution in [0.2, 0.25) is 0 Å². The highest BCUT2D eigenvalue weighted by Gasteiger charge is 2.29. The van der Waals surface area contributed by atoms with E-state index in [1.165, 1.54) is 66.0 Å². The third kappa shape index (κ3) is 6.27. The lowest BCUT2D eigenvalue weighted by atomic mass is 10.2. The van der Waals surface area contributed by atoms with Gasteiger partial charge < -0.3 is 23.7 Å². The number of ether oxygens (including phenoxy) is 5. The molecule has 0 saturated carbocycles. The average molecular weight is 544 g/mol. The van der Waals surface area contributed by atoms with Crippen LogP contribution in [0.5, 0.6) is 28.7 Å². The van der Waals surface area contributed by atoms with Crippen molar-refractivity contribution < 1.29 is 36.9 Å². The Hall–Kier alpha value is -4.45. The SMILES string of the molecule is COc1ccc(N(CC(=O)N/N=C\c2cc(OC)c(OC)c(OC)c2)S(=O)(=O)c2ccccc2)c(OC)c1. The Labute approximate surface area is 221 Å². The van der Waals surface area contributed by atoms with Crippen molar-refractivity contribution in [1.29, 1.82) is 0 Å². The fraction of sp³-hybridized carbons (Fsp3) is 0.231. The van der Waals surface area contributed by atoms with E-state index >= 15 is 0 Å². The van der Waals surface area contributed by atoms with Crippen molar-refractivity contribution in [1.82, 2.24) is 5.43 Å². The quantitative estimate of drug-likeness (QED) is 0.273. The fourth-order valence-corrected chi connectivity index (χ4v) is 4.98. The molecule has 3 rings (SSSR count). The van der Waals surface area contributed by atoms with Crippen molar-refractivity contribution in [2.75, 3.05) is 46.4 Å². The Balaban J connectivity index is 1.91. The molecule has 11 nitrogen and oxygen atoms in total. The molecule has 0 saturated heterocycles. The molecule has 0 bridgehead atoms. The van der Waals surface area contributed by atoms with Crippen molar-refractivity contribution >= 4 is 27.8 Å². The molecule has 0 aliphatic heterocycles. The Morgan fingerprint density at radius 3 is 2.03 bits per heavy atom. The molecule has 12 heteroatoms. The Kier molecular flexibility index (Phi) is 9.39. The second kappa shape index (κ2) is 12.7. The molecule has 0 unspecified atom stereocenters. The summed E-state index contributed by atoms with van der Waals surface area (Å²) in [7, 11) is 3.17. The van der Waals surface area contributed by atoms with Gasteiger partial charge in [-0.25, -0.2) is 13.8 Å². The first-order chi connectivity index (χ1) is 18.3. The molecule has 1 N–H and O–H groups in total. The number of carbonyl (C=O) groups is 1. The second-order valence-electron chi connectivity index (χ2n) is 7.61. The van der Waals surface area contributed by atoms with Crippen LogP contribution in [0.25, 0.3) is 0 Å². The van der Waals surface area contributed by atoms with Crippen molar-refractivity contribution in [3.63, 3.8) is 0 Å². The van der Waals surface area contributed by atoms with Crippen LogP contribution in [-0.4, -0.2) is 62.6 Å². The van der Waals surface area contributed by atoms with E-state index in [0.29, 0.717) is 28.6 Å². The van der Waals surface area contributed by atoms with Crippen LogP contribution in [0.4, 0.5) is 5.69 Å². The summed E-state index contributed by atoms with van der Waals surface area (Å²) in [5, 5.41) is 3.97. The zero-order valence-corrected chi connectivity index (χ0v) is 22.4. The lowest BCUT2D eigenvalue weighted by Crippen LogP contribution is -2.39. The van der Waals surface area contributed by atoms with Crippen LogP contribution < -0.4 is 33.4 Å². The minimum atomic E-state index is -4.15. The molecule has 0 spiro atoms. The third-order valence-corrected chi connectivity index (χ3v) is 7.14. The maximum Gasteiger partial charge on any atom is 0.264 e. The van der Waals surface area contributed by atoms with E-state index in [2.05, 4.69) is 10.5 Å². The highest BCUT2D eigenvalue weighted by molar-refractivity contribution is 7.92. The number of amides is 1. The van der Waals surface area contributed by atoms with Crippen LogP contribution in [0.3, 0.4) is 0 Å². The van der Waals surface area contributed by atoms with Gasteiger partial charge in [-0.15, -0.1) is 0 Å². The predicted octanol–water partition coefficient (Wildman–Crippen LogP) is 3.08. The molecule has 1 amide bonds. The number of hydrogen-bond donors (Lipinski definition) is 1. The first-order valence-electron chi connectivity index (χ1n) is 11.2. The number of sulfonamides is 1. The first kappa shape index (κ1) is 28.1. The number of benzene rings is 3. The molecule has 0 atom stereocenters. The van der Waals surface area contributed by atoms with E-state index in [0.717, 1.165) is 4.31 Å². The lowest BCUT2D eigenvalue weighted by molar-refractivity contribution is -0.119. The zero-order valence-electron chi connectivity index (χ0n) is 21.6. The van der Waals surface area contributed by atoms with Crippen LogP contribution in [0.15, 0.2) is 70.7 Å². The predicted molar refractivity (Wildman–Crippen MR) is 142 cm³/mol. The smallest absolute Gasteiger partial charge is 0.264 e. The normalized spacial score (nSPS) is 11.1. The summed E-state index contributed by atoms with van der Waals surface area (Å²) < 4.78 is 54.6. The summed E-state index contributed by atoms with van der Waals surface area (Å²) in [6, 6.07) is 15.7. The molecule has 0 radical (unpaired) electrons. The number of rotatable bonds is 12.